The molecule has 13 heavy (non-hydrogen) atoms. The molecule has 0 bridgehead atoms. The van der Waals surface area contributed by atoms with E-state index < -0.39 is 5.82 Å². The number of nitrogen functional groups attached to an aromatic ring is 1. The van der Waals surface area contributed by atoms with Gasteiger partial charge in [-0.25, -0.2) is 4.39 Å². The molecule has 0 aliphatic carbocycles. The Morgan fingerprint density at radius 3 is 2.85 bits per heavy atom. The number of hydrogen-bond donors (Lipinski definition) is 2. The fourth-order valence-corrected chi connectivity index (χ4v) is 1.23. The maximum atomic E-state index is 12.9. The zero-order valence-corrected chi connectivity index (χ0v) is 8.45. The van der Waals surface area contributed by atoms with Crippen LogP contribution < -0.4 is 5.73 Å². The molecule has 0 saturated carbocycles. The van der Waals surface area contributed by atoms with Crippen molar-refractivity contribution < 1.29 is 4.39 Å². The summed E-state index contributed by atoms with van der Waals surface area (Å²) < 4.78 is 12.9. The second-order valence-electron chi connectivity index (χ2n) is 2.48. The summed E-state index contributed by atoms with van der Waals surface area (Å²) in [5, 5.41) is 0.442. The van der Waals surface area contributed by atoms with Gasteiger partial charge >= 0.3 is 0 Å². The number of nitrogens with two attached hydrogens (primary N) is 1. The van der Waals surface area contributed by atoms with Crippen molar-refractivity contribution in [2.24, 2.45) is 0 Å². The number of hydrogen-bond acceptors (Lipinski definition) is 2. The maximum Gasteiger partial charge on any atom is 0.146 e. The first-order chi connectivity index (χ1) is 6.15. The lowest BCUT2D eigenvalue weighted by Crippen LogP contribution is -1.91. The van der Waals surface area contributed by atoms with Crippen LogP contribution in [0.1, 0.15) is 5.56 Å². The molecule has 0 heterocycles. The van der Waals surface area contributed by atoms with E-state index in [-0.39, 0.29) is 5.69 Å². The van der Waals surface area contributed by atoms with E-state index in [1.54, 1.807) is 12.2 Å². The normalized spacial score (nSPS) is 11.0. The van der Waals surface area contributed by atoms with Crippen LogP contribution in [-0.2, 0) is 0 Å². The molecule has 0 aromatic heterocycles. The van der Waals surface area contributed by atoms with E-state index in [2.05, 4.69) is 12.6 Å². The van der Waals surface area contributed by atoms with Crippen LogP contribution in [0.15, 0.2) is 18.2 Å². The first-order valence-corrected chi connectivity index (χ1v) is 4.68. The average molecular weight is 218 g/mol. The Morgan fingerprint density at radius 1 is 1.54 bits per heavy atom. The van der Waals surface area contributed by atoms with Crippen LogP contribution in [0.5, 0.6) is 0 Å². The first kappa shape index (κ1) is 10.4. The molecule has 0 saturated heterocycles. The number of benzene rings is 1. The van der Waals surface area contributed by atoms with Gasteiger partial charge in [0, 0.05) is 5.75 Å². The minimum atomic E-state index is -0.455. The highest BCUT2D eigenvalue weighted by Crippen LogP contribution is 2.23. The summed E-state index contributed by atoms with van der Waals surface area (Å²) in [6.07, 6.45) is 3.48. The molecule has 1 aromatic rings. The summed E-state index contributed by atoms with van der Waals surface area (Å²) >= 11 is 9.80. The monoisotopic (exact) mass is 217 g/mol. The van der Waals surface area contributed by atoms with Gasteiger partial charge in [0.05, 0.1) is 10.7 Å². The van der Waals surface area contributed by atoms with E-state index in [0.29, 0.717) is 16.3 Å². The van der Waals surface area contributed by atoms with E-state index in [4.69, 9.17) is 17.3 Å². The number of anilines is 1. The predicted molar refractivity (Wildman–Crippen MR) is 58.7 cm³/mol. The van der Waals surface area contributed by atoms with Gasteiger partial charge < -0.3 is 5.73 Å². The van der Waals surface area contributed by atoms with E-state index in [0.717, 1.165) is 0 Å². The van der Waals surface area contributed by atoms with Gasteiger partial charge in [-0.05, 0) is 17.7 Å². The molecule has 0 unspecified atom stereocenters. The Bertz CT molecular complexity index is 339. The molecule has 0 radical (unpaired) electrons. The molecule has 0 spiro atoms. The summed E-state index contributed by atoms with van der Waals surface area (Å²) in [7, 11) is 0. The highest BCUT2D eigenvalue weighted by Gasteiger charge is 2.03. The number of halogens is 2. The van der Waals surface area contributed by atoms with Gasteiger partial charge in [-0.3, -0.25) is 0 Å². The van der Waals surface area contributed by atoms with E-state index >= 15 is 0 Å². The van der Waals surface area contributed by atoms with E-state index in [1.165, 1.54) is 12.1 Å². The Hall–Kier alpha value is -0.670. The van der Waals surface area contributed by atoms with Gasteiger partial charge in [0.25, 0.3) is 0 Å². The zero-order chi connectivity index (χ0) is 9.84. The average Bonchev–Trinajstić information content (AvgIpc) is 2.09. The third-order valence-electron chi connectivity index (χ3n) is 1.52. The molecule has 2 N–H and O–H groups in total. The molecule has 0 aliphatic rings. The minimum Gasteiger partial charge on any atom is -0.396 e. The summed E-state index contributed by atoms with van der Waals surface area (Å²) in [6.45, 7) is 0. The molecule has 1 nitrogen and oxygen atoms in total. The molecule has 0 atom stereocenters. The van der Waals surface area contributed by atoms with Crippen LogP contribution >= 0.6 is 24.2 Å². The highest BCUT2D eigenvalue weighted by atomic mass is 35.5. The van der Waals surface area contributed by atoms with Gasteiger partial charge in [-0.1, -0.05) is 23.8 Å². The van der Waals surface area contributed by atoms with Crippen LogP contribution in [-0.4, -0.2) is 5.75 Å². The molecule has 0 amide bonds. The maximum absolute atomic E-state index is 12.9. The van der Waals surface area contributed by atoms with Gasteiger partial charge in [-0.15, -0.1) is 0 Å². The lowest BCUT2D eigenvalue weighted by molar-refractivity contribution is 0.632. The molecule has 4 heteroatoms. The van der Waals surface area contributed by atoms with Crippen molar-refractivity contribution in [2.45, 2.75) is 0 Å². The number of rotatable bonds is 2. The van der Waals surface area contributed by atoms with Crippen molar-refractivity contribution in [3.05, 3.63) is 34.6 Å². The zero-order valence-electron chi connectivity index (χ0n) is 6.80. The fraction of sp³-hybridized carbons (Fsp3) is 0.111. The molecule has 1 rings (SSSR count). The van der Waals surface area contributed by atoms with Crippen LogP contribution in [0.3, 0.4) is 0 Å². The van der Waals surface area contributed by atoms with Gasteiger partial charge in [-0.2, -0.15) is 12.6 Å². The number of thiol groups is 1. The molecular weight excluding hydrogens is 209 g/mol. The van der Waals surface area contributed by atoms with Crippen LogP contribution in [0.2, 0.25) is 5.02 Å². The van der Waals surface area contributed by atoms with E-state index in [1.807, 2.05) is 0 Å². The summed E-state index contributed by atoms with van der Waals surface area (Å²) in [6, 6.07) is 2.70. The summed E-state index contributed by atoms with van der Waals surface area (Å²) in [4.78, 5) is 0. The third kappa shape index (κ3) is 2.64. The van der Waals surface area contributed by atoms with Crippen LogP contribution in [0.4, 0.5) is 10.1 Å². The molecular formula is C9H9ClFNS. The highest BCUT2D eigenvalue weighted by molar-refractivity contribution is 7.80. The lowest BCUT2D eigenvalue weighted by atomic mass is 10.2. The Kier molecular flexibility index (Phi) is 3.63. The smallest absolute Gasteiger partial charge is 0.146 e. The largest absolute Gasteiger partial charge is 0.396 e. The Morgan fingerprint density at radius 2 is 2.23 bits per heavy atom. The van der Waals surface area contributed by atoms with Gasteiger partial charge in [0.1, 0.15) is 5.82 Å². The van der Waals surface area contributed by atoms with Crippen LogP contribution in [0, 0.1) is 5.82 Å². The molecule has 0 aliphatic heterocycles. The van der Waals surface area contributed by atoms with Crippen molar-refractivity contribution in [1.29, 1.82) is 0 Å². The molecule has 70 valence electrons. The summed E-state index contributed by atoms with van der Waals surface area (Å²) in [5.41, 5.74) is 6.00. The van der Waals surface area contributed by atoms with Crippen LogP contribution in [0.25, 0.3) is 6.08 Å². The van der Waals surface area contributed by atoms with Gasteiger partial charge in [0.2, 0.25) is 0 Å². The Labute approximate surface area is 86.8 Å². The topological polar surface area (TPSA) is 26.0 Å². The van der Waals surface area contributed by atoms with Crippen molar-refractivity contribution in [3.8, 4) is 0 Å². The second kappa shape index (κ2) is 4.53. The summed E-state index contributed by atoms with van der Waals surface area (Å²) in [5.74, 6) is 0.130. The first-order valence-electron chi connectivity index (χ1n) is 3.67. The molecule has 1 aromatic carbocycles. The van der Waals surface area contributed by atoms with Crippen molar-refractivity contribution in [1.82, 2.24) is 0 Å². The molecule has 0 fully saturated rings. The minimum absolute atomic E-state index is 0.0630. The van der Waals surface area contributed by atoms with Crippen molar-refractivity contribution in [2.75, 3.05) is 11.5 Å². The third-order valence-corrected chi connectivity index (χ3v) is 2.06. The fourth-order valence-electron chi connectivity index (χ4n) is 0.885. The quantitative estimate of drug-likeness (QED) is 0.578. The van der Waals surface area contributed by atoms with Gasteiger partial charge in [0.15, 0.2) is 0 Å². The standard InChI is InChI=1S/C9H9ClFNS/c10-7-5-9(12)8(11)4-6(7)2-1-3-13/h1-2,4-5,13H,3,12H2. The second-order valence-corrected chi connectivity index (χ2v) is 3.25. The Balaban J connectivity index is 3.08. The predicted octanol–water partition coefficient (Wildman–Crippen LogP) is 3.00. The van der Waals surface area contributed by atoms with E-state index in [9.17, 15) is 4.39 Å². The van der Waals surface area contributed by atoms with Crippen molar-refractivity contribution >= 4 is 36.0 Å². The SMILES string of the molecule is Nc1cc(Cl)c(C=CCS)cc1F. The van der Waals surface area contributed by atoms with Crippen molar-refractivity contribution in [3.63, 3.8) is 0 Å². The lowest BCUT2D eigenvalue weighted by Gasteiger charge is -2.01.